The molecule has 21 heavy (non-hydrogen) atoms. The van der Waals surface area contributed by atoms with Crippen LogP contribution in [0.15, 0.2) is 16.5 Å². The maximum absolute atomic E-state index is 6.28. The lowest BCUT2D eigenvalue weighted by Crippen LogP contribution is -2.36. The van der Waals surface area contributed by atoms with Gasteiger partial charge in [-0.3, -0.25) is 4.90 Å². The Bertz CT molecular complexity index is 456. The summed E-state index contributed by atoms with van der Waals surface area (Å²) in [5.41, 5.74) is 6.09. The van der Waals surface area contributed by atoms with E-state index in [1.165, 1.54) is 44.4 Å². The topological polar surface area (TPSA) is 42.4 Å². The molecule has 0 aromatic carbocycles. The van der Waals surface area contributed by atoms with E-state index < -0.39 is 0 Å². The van der Waals surface area contributed by atoms with Crippen molar-refractivity contribution in [2.75, 3.05) is 19.6 Å². The fraction of sp³-hybridized carbons (Fsp3) is 0.778. The predicted octanol–water partition coefficient (Wildman–Crippen LogP) is 3.91. The van der Waals surface area contributed by atoms with Crippen LogP contribution in [0.5, 0.6) is 0 Å². The zero-order valence-electron chi connectivity index (χ0n) is 13.6. The van der Waals surface area contributed by atoms with Gasteiger partial charge in [-0.25, -0.2) is 0 Å². The van der Waals surface area contributed by atoms with Gasteiger partial charge < -0.3 is 10.2 Å². The summed E-state index contributed by atoms with van der Waals surface area (Å²) in [4.78, 5) is 2.61. The number of hydrogen-bond acceptors (Lipinski definition) is 3. The molecule has 1 aliphatic carbocycles. The number of nitrogens with two attached hydrogens (primary N) is 1. The molecular weight excluding hydrogens is 260 g/mol. The van der Waals surface area contributed by atoms with Gasteiger partial charge in [0.25, 0.3) is 0 Å². The van der Waals surface area contributed by atoms with E-state index in [1.807, 2.05) is 0 Å². The van der Waals surface area contributed by atoms with Crippen molar-refractivity contribution in [3.05, 3.63) is 23.7 Å². The van der Waals surface area contributed by atoms with Gasteiger partial charge in [-0.1, -0.05) is 20.3 Å². The van der Waals surface area contributed by atoms with Crippen LogP contribution in [0.25, 0.3) is 0 Å². The largest absolute Gasteiger partial charge is 0.464 e. The van der Waals surface area contributed by atoms with Crippen molar-refractivity contribution in [2.45, 2.75) is 57.9 Å². The highest BCUT2D eigenvalue weighted by atomic mass is 16.3. The molecule has 1 aromatic rings. The smallest absolute Gasteiger partial charge is 0.121 e. The normalized spacial score (nSPS) is 33.9. The minimum absolute atomic E-state index is 0.389. The van der Waals surface area contributed by atoms with Crippen LogP contribution in [-0.4, -0.2) is 24.5 Å². The minimum Gasteiger partial charge on any atom is -0.464 e. The van der Waals surface area contributed by atoms with Gasteiger partial charge >= 0.3 is 0 Å². The lowest BCUT2D eigenvalue weighted by atomic mass is 9.93. The Morgan fingerprint density at radius 2 is 2.05 bits per heavy atom. The molecule has 3 rings (SSSR count). The molecule has 1 saturated carbocycles. The van der Waals surface area contributed by atoms with Gasteiger partial charge in [-0.15, -0.1) is 0 Å². The molecule has 0 amide bonds. The molecule has 4 unspecified atom stereocenters. The van der Waals surface area contributed by atoms with Gasteiger partial charge in [0, 0.05) is 5.92 Å². The molecule has 1 aromatic heterocycles. The summed E-state index contributed by atoms with van der Waals surface area (Å²) in [6.07, 6.45) is 6.31. The fourth-order valence-electron chi connectivity index (χ4n) is 3.96. The standard InChI is InChI=1S/C18H30N2O/c1-3-9-20-10-5-4-6-14(12-19)18(20)17-8-7-16(21-17)15-11-13(15)2/h7-8,13-15,18H,3-6,9-12,19H2,1-2H3. The fourth-order valence-corrected chi connectivity index (χ4v) is 3.96. The minimum atomic E-state index is 0.389. The molecule has 2 heterocycles. The van der Waals surface area contributed by atoms with Gasteiger partial charge in [0.05, 0.1) is 6.04 Å². The van der Waals surface area contributed by atoms with Crippen LogP contribution < -0.4 is 5.73 Å². The first kappa shape index (κ1) is 15.1. The Hall–Kier alpha value is -0.800. The second-order valence-corrected chi connectivity index (χ2v) is 7.03. The highest BCUT2D eigenvalue weighted by Gasteiger charge is 2.38. The van der Waals surface area contributed by atoms with Crippen molar-refractivity contribution in [2.24, 2.45) is 17.6 Å². The van der Waals surface area contributed by atoms with Crippen LogP contribution in [0, 0.1) is 11.8 Å². The summed E-state index contributed by atoms with van der Waals surface area (Å²) in [5, 5.41) is 0. The van der Waals surface area contributed by atoms with E-state index in [1.54, 1.807) is 0 Å². The third kappa shape index (κ3) is 3.19. The monoisotopic (exact) mass is 290 g/mol. The van der Waals surface area contributed by atoms with Crippen molar-refractivity contribution < 1.29 is 4.42 Å². The average Bonchev–Trinajstić information content (AvgIpc) is 3.08. The molecule has 4 atom stereocenters. The van der Waals surface area contributed by atoms with E-state index in [4.69, 9.17) is 10.2 Å². The summed E-state index contributed by atoms with van der Waals surface area (Å²) >= 11 is 0. The molecule has 0 bridgehead atoms. The Morgan fingerprint density at radius 3 is 2.71 bits per heavy atom. The van der Waals surface area contributed by atoms with Crippen molar-refractivity contribution in [1.29, 1.82) is 0 Å². The first-order valence-corrected chi connectivity index (χ1v) is 8.78. The van der Waals surface area contributed by atoms with E-state index in [9.17, 15) is 0 Å². The summed E-state index contributed by atoms with van der Waals surface area (Å²) in [6.45, 7) is 7.67. The quantitative estimate of drug-likeness (QED) is 0.894. The van der Waals surface area contributed by atoms with Crippen LogP contribution in [0.4, 0.5) is 0 Å². The van der Waals surface area contributed by atoms with E-state index in [0.29, 0.717) is 17.9 Å². The molecule has 118 valence electrons. The van der Waals surface area contributed by atoms with Crippen LogP contribution in [0.1, 0.15) is 69.4 Å². The van der Waals surface area contributed by atoms with Crippen LogP contribution in [0.3, 0.4) is 0 Å². The lowest BCUT2D eigenvalue weighted by Gasteiger charge is -2.33. The summed E-state index contributed by atoms with van der Waals surface area (Å²) in [5.74, 6) is 4.37. The number of hydrogen-bond donors (Lipinski definition) is 1. The number of likely N-dealkylation sites (tertiary alicyclic amines) is 1. The second-order valence-electron chi connectivity index (χ2n) is 7.03. The number of nitrogens with zero attached hydrogens (tertiary/aromatic N) is 1. The SMILES string of the molecule is CCCN1CCCCC(CN)C1c1ccc(C2CC2C)o1. The van der Waals surface area contributed by atoms with E-state index in [-0.39, 0.29) is 0 Å². The van der Waals surface area contributed by atoms with Crippen molar-refractivity contribution >= 4 is 0 Å². The molecular formula is C18H30N2O. The van der Waals surface area contributed by atoms with E-state index in [2.05, 4.69) is 30.9 Å². The van der Waals surface area contributed by atoms with E-state index in [0.717, 1.165) is 24.8 Å². The Morgan fingerprint density at radius 1 is 1.29 bits per heavy atom. The van der Waals surface area contributed by atoms with Gasteiger partial charge in [0.1, 0.15) is 11.5 Å². The van der Waals surface area contributed by atoms with Gasteiger partial charge in [-0.2, -0.15) is 0 Å². The molecule has 3 heteroatoms. The van der Waals surface area contributed by atoms with Crippen LogP contribution in [-0.2, 0) is 0 Å². The van der Waals surface area contributed by atoms with Gasteiger partial charge in [0.2, 0.25) is 0 Å². The third-order valence-corrected chi connectivity index (χ3v) is 5.34. The molecule has 0 radical (unpaired) electrons. The van der Waals surface area contributed by atoms with E-state index >= 15 is 0 Å². The highest BCUT2D eigenvalue weighted by Crippen LogP contribution is 2.48. The molecule has 2 N–H and O–H groups in total. The first-order chi connectivity index (χ1) is 10.2. The second kappa shape index (κ2) is 6.53. The summed E-state index contributed by atoms with van der Waals surface area (Å²) in [7, 11) is 0. The molecule has 1 saturated heterocycles. The zero-order chi connectivity index (χ0) is 14.8. The Kier molecular flexibility index (Phi) is 4.70. The molecule has 3 nitrogen and oxygen atoms in total. The van der Waals surface area contributed by atoms with Crippen LogP contribution in [0.2, 0.25) is 0 Å². The van der Waals surface area contributed by atoms with Crippen molar-refractivity contribution in [1.82, 2.24) is 4.90 Å². The van der Waals surface area contributed by atoms with Gasteiger partial charge in [0.15, 0.2) is 0 Å². The maximum Gasteiger partial charge on any atom is 0.121 e. The third-order valence-electron chi connectivity index (χ3n) is 5.34. The predicted molar refractivity (Wildman–Crippen MR) is 86.2 cm³/mol. The highest BCUT2D eigenvalue weighted by molar-refractivity contribution is 5.20. The first-order valence-electron chi connectivity index (χ1n) is 8.78. The van der Waals surface area contributed by atoms with Crippen LogP contribution >= 0.6 is 0 Å². The molecule has 0 spiro atoms. The zero-order valence-corrected chi connectivity index (χ0v) is 13.6. The molecule has 2 fully saturated rings. The summed E-state index contributed by atoms with van der Waals surface area (Å²) in [6, 6.07) is 4.83. The number of rotatable bonds is 5. The average molecular weight is 290 g/mol. The Labute approximate surface area is 128 Å². The van der Waals surface area contributed by atoms with Gasteiger partial charge in [-0.05, 0) is 69.3 Å². The number of furan rings is 1. The lowest BCUT2D eigenvalue weighted by molar-refractivity contribution is 0.135. The Balaban J connectivity index is 1.83. The molecule has 2 aliphatic rings. The maximum atomic E-state index is 6.28. The van der Waals surface area contributed by atoms with Crippen molar-refractivity contribution in [3.8, 4) is 0 Å². The molecule has 1 aliphatic heterocycles. The van der Waals surface area contributed by atoms with Crippen molar-refractivity contribution in [3.63, 3.8) is 0 Å². The summed E-state index contributed by atoms with van der Waals surface area (Å²) < 4.78 is 6.28.